The molecule has 4 aromatic carbocycles. The summed E-state index contributed by atoms with van der Waals surface area (Å²) in [5.41, 5.74) is 6.09. The molecule has 0 radical (unpaired) electrons. The topological polar surface area (TPSA) is 156 Å². The van der Waals surface area contributed by atoms with Crippen LogP contribution in [-0.4, -0.2) is 44.2 Å². The molecule has 306 valence electrons. The number of aryl methyl sites for hydroxylation is 1. The predicted octanol–water partition coefficient (Wildman–Crippen LogP) is 12.7. The molecule has 0 aliphatic carbocycles. The third-order valence-corrected chi connectivity index (χ3v) is 8.77. The van der Waals surface area contributed by atoms with E-state index in [1.54, 1.807) is 36.4 Å². The second-order valence-electron chi connectivity index (χ2n) is 13.3. The molecular weight excluding hydrogens is 747 g/mol. The van der Waals surface area contributed by atoms with Gasteiger partial charge in [-0.25, -0.2) is 14.4 Å². The van der Waals surface area contributed by atoms with Gasteiger partial charge in [0.15, 0.2) is 0 Å². The lowest BCUT2D eigenvalue weighted by molar-refractivity contribution is -0.138. The van der Waals surface area contributed by atoms with E-state index in [0.717, 1.165) is 87.5 Å². The Morgan fingerprint density at radius 1 is 0.508 bits per heavy atom. The number of carbonyl (C=O) groups excluding carboxylic acids is 3. The molecule has 0 unspecified atom stereocenters. The number of ether oxygens (including phenoxy) is 3. The van der Waals surface area contributed by atoms with E-state index in [9.17, 15) is 14.4 Å². The highest BCUT2D eigenvalue weighted by Crippen LogP contribution is 2.29. The van der Waals surface area contributed by atoms with Crippen molar-refractivity contribution in [2.75, 3.05) is 31.2 Å². The first-order valence-electron chi connectivity index (χ1n) is 19.6. The molecule has 0 aliphatic heterocycles. The number of nitrogens with zero attached hydrogens (tertiary/aromatic N) is 7. The number of unbranched alkanes of at least 4 members (excludes halogenated alkanes) is 6. The van der Waals surface area contributed by atoms with Crippen molar-refractivity contribution in [2.45, 2.75) is 58.3 Å². The van der Waals surface area contributed by atoms with Crippen LogP contribution in [0.25, 0.3) is 0 Å². The van der Waals surface area contributed by atoms with Gasteiger partial charge in [-0.3, -0.25) is 0 Å². The summed E-state index contributed by atoms with van der Waals surface area (Å²) in [7, 11) is 0. The highest BCUT2D eigenvalue weighted by atomic mass is 16.5. The molecule has 0 saturated carbocycles. The molecule has 0 saturated heterocycles. The van der Waals surface area contributed by atoms with E-state index in [1.165, 1.54) is 12.2 Å². The van der Waals surface area contributed by atoms with E-state index in [0.29, 0.717) is 47.4 Å². The van der Waals surface area contributed by atoms with Gasteiger partial charge < -0.3 is 19.1 Å². The molecule has 59 heavy (non-hydrogen) atoms. The van der Waals surface area contributed by atoms with E-state index in [2.05, 4.69) is 67.5 Å². The summed E-state index contributed by atoms with van der Waals surface area (Å²) in [5.74, 6) is -0.900. The third-order valence-electron chi connectivity index (χ3n) is 8.77. The number of rotatable bonds is 25. The SMILES string of the molecule is C=CC(=O)OCCCCCCN(CCCCCCOC(=O)C=C)c1ccc(N=Nc2ccc(N=Nc3ccc(N=Nc4ccc(OC(=O)C=C)cc4)cc3)c(C)c2)cc1. The van der Waals surface area contributed by atoms with Crippen LogP contribution < -0.4 is 9.64 Å². The Balaban J connectivity index is 1.28. The Kier molecular flexibility index (Phi) is 19.3. The smallest absolute Gasteiger partial charge is 0.335 e. The van der Waals surface area contributed by atoms with E-state index >= 15 is 0 Å². The number of benzene rings is 4. The number of carbonyl (C=O) groups is 3. The fourth-order valence-corrected chi connectivity index (χ4v) is 5.56. The fraction of sp³-hybridized carbons (Fsp3) is 0.283. The normalized spacial score (nSPS) is 11.1. The van der Waals surface area contributed by atoms with Gasteiger partial charge in [0.1, 0.15) is 5.75 Å². The molecule has 0 atom stereocenters. The molecule has 0 bridgehead atoms. The molecule has 0 aliphatic rings. The number of hydrogen-bond donors (Lipinski definition) is 0. The molecule has 0 aromatic heterocycles. The average Bonchev–Trinajstić information content (AvgIpc) is 3.26. The van der Waals surface area contributed by atoms with E-state index < -0.39 is 5.97 Å². The molecule has 13 heteroatoms. The third kappa shape index (κ3) is 17.0. The predicted molar refractivity (Wildman–Crippen MR) is 230 cm³/mol. The number of anilines is 1. The van der Waals surface area contributed by atoms with Crippen LogP contribution in [0, 0.1) is 6.92 Å². The van der Waals surface area contributed by atoms with Gasteiger partial charge in [0, 0.05) is 37.0 Å². The van der Waals surface area contributed by atoms with Crippen LogP contribution in [0.5, 0.6) is 5.75 Å². The number of azo groups is 3. The molecule has 13 nitrogen and oxygen atoms in total. The lowest BCUT2D eigenvalue weighted by atomic mass is 10.1. The summed E-state index contributed by atoms with van der Waals surface area (Å²) >= 11 is 0. The molecule has 0 heterocycles. The molecule has 4 aromatic rings. The first kappa shape index (κ1) is 44.8. The molecule has 0 spiro atoms. The van der Waals surface area contributed by atoms with Gasteiger partial charge in [0.25, 0.3) is 0 Å². The first-order chi connectivity index (χ1) is 28.8. The van der Waals surface area contributed by atoms with Crippen molar-refractivity contribution in [3.05, 3.63) is 135 Å². The van der Waals surface area contributed by atoms with Crippen molar-refractivity contribution in [3.63, 3.8) is 0 Å². The van der Waals surface area contributed by atoms with Crippen LogP contribution in [0.2, 0.25) is 0 Å². The van der Waals surface area contributed by atoms with Crippen molar-refractivity contribution >= 4 is 57.7 Å². The van der Waals surface area contributed by atoms with Gasteiger partial charge >= 0.3 is 17.9 Å². The summed E-state index contributed by atoms with van der Waals surface area (Å²) in [5, 5.41) is 26.2. The largest absolute Gasteiger partial charge is 0.463 e. The van der Waals surface area contributed by atoms with Crippen LogP contribution in [0.15, 0.2) is 160 Å². The van der Waals surface area contributed by atoms with Crippen molar-refractivity contribution in [2.24, 2.45) is 30.7 Å². The minimum Gasteiger partial charge on any atom is -0.463 e. The van der Waals surface area contributed by atoms with Gasteiger partial charge in [-0.2, -0.15) is 30.7 Å². The Morgan fingerprint density at radius 2 is 0.915 bits per heavy atom. The van der Waals surface area contributed by atoms with Gasteiger partial charge in [-0.15, -0.1) is 0 Å². The van der Waals surface area contributed by atoms with Gasteiger partial charge in [0.2, 0.25) is 0 Å². The first-order valence-corrected chi connectivity index (χ1v) is 19.6. The lowest BCUT2D eigenvalue weighted by Gasteiger charge is -2.25. The van der Waals surface area contributed by atoms with Crippen LogP contribution in [-0.2, 0) is 23.9 Å². The highest BCUT2D eigenvalue weighted by Gasteiger charge is 2.08. The van der Waals surface area contributed by atoms with E-state index in [4.69, 9.17) is 14.2 Å². The van der Waals surface area contributed by atoms with Crippen molar-refractivity contribution in [3.8, 4) is 5.75 Å². The van der Waals surface area contributed by atoms with Crippen LogP contribution >= 0.6 is 0 Å². The summed E-state index contributed by atoms with van der Waals surface area (Å²) in [6, 6.07) is 27.6. The minimum absolute atomic E-state index is 0.385. The van der Waals surface area contributed by atoms with Crippen LogP contribution in [0.1, 0.15) is 56.9 Å². The maximum Gasteiger partial charge on any atom is 0.335 e. The summed E-state index contributed by atoms with van der Waals surface area (Å²) in [6.45, 7) is 14.8. The van der Waals surface area contributed by atoms with Gasteiger partial charge in [0.05, 0.1) is 47.3 Å². The second kappa shape index (κ2) is 25.4. The average molecular weight is 798 g/mol. The van der Waals surface area contributed by atoms with Crippen molar-refractivity contribution in [1.82, 2.24) is 0 Å². The fourth-order valence-electron chi connectivity index (χ4n) is 5.56. The standard InChI is InChI=1S/C46H51N7O6/c1-5-44(54)57-32-14-10-8-12-30-53(31-13-9-11-15-33-58-45(55)6-2)41-25-20-38(21-26-41)49-51-40-24-29-43(35(4)34-40)52-50-37-18-16-36(17-19-37)47-48-39-22-27-42(28-23-39)59-46(56)7-3/h5-7,16-29,34H,1-3,8-15,30-33H2,4H3. The van der Waals surface area contributed by atoms with E-state index in [1.807, 2.05) is 49.4 Å². The van der Waals surface area contributed by atoms with Crippen LogP contribution in [0.3, 0.4) is 0 Å². The number of hydrogen-bond acceptors (Lipinski definition) is 13. The molecule has 0 N–H and O–H groups in total. The Morgan fingerprint density at radius 3 is 1.39 bits per heavy atom. The lowest BCUT2D eigenvalue weighted by Crippen LogP contribution is -2.25. The summed E-state index contributed by atoms with van der Waals surface area (Å²) < 4.78 is 15.2. The zero-order valence-electron chi connectivity index (χ0n) is 33.6. The van der Waals surface area contributed by atoms with Crippen molar-refractivity contribution < 1.29 is 28.6 Å². The maximum absolute atomic E-state index is 11.3. The molecule has 0 amide bonds. The molecule has 0 fully saturated rings. The van der Waals surface area contributed by atoms with Gasteiger partial charge in [-0.05, 0) is 142 Å². The zero-order valence-corrected chi connectivity index (χ0v) is 33.6. The van der Waals surface area contributed by atoms with Crippen molar-refractivity contribution in [1.29, 1.82) is 0 Å². The zero-order chi connectivity index (χ0) is 42.1. The Bertz CT molecular complexity index is 2040. The summed E-state index contributed by atoms with van der Waals surface area (Å²) in [6.07, 6.45) is 11.2. The maximum atomic E-state index is 11.3. The van der Waals surface area contributed by atoms with Crippen LogP contribution in [0.4, 0.5) is 39.8 Å². The molecular formula is C46H51N7O6. The molecule has 4 rings (SSSR count). The Hall–Kier alpha value is -6.89. The highest BCUT2D eigenvalue weighted by molar-refractivity contribution is 5.83. The summed E-state index contributed by atoms with van der Waals surface area (Å²) in [4.78, 5) is 36.3. The van der Waals surface area contributed by atoms with E-state index in [-0.39, 0.29) is 11.9 Å². The Labute approximate surface area is 345 Å². The quantitative estimate of drug-likeness (QED) is 0.0212. The monoisotopic (exact) mass is 797 g/mol. The second-order valence-corrected chi connectivity index (χ2v) is 13.3. The minimum atomic E-state index is -0.528. The van der Waals surface area contributed by atoms with Gasteiger partial charge in [-0.1, -0.05) is 32.6 Å². The number of esters is 3.